The van der Waals surface area contributed by atoms with Crippen molar-refractivity contribution < 1.29 is 4.79 Å². The summed E-state index contributed by atoms with van der Waals surface area (Å²) >= 11 is 0. The van der Waals surface area contributed by atoms with Gasteiger partial charge in [-0.15, -0.1) is 0 Å². The lowest BCUT2D eigenvalue weighted by atomic mass is 10.0. The normalized spacial score (nSPS) is 11.0. The summed E-state index contributed by atoms with van der Waals surface area (Å²) in [5.74, 6) is -0.170. The number of carbonyl (C=O) groups is 1. The highest BCUT2D eigenvalue weighted by molar-refractivity contribution is 5.96. The molecule has 0 fully saturated rings. The number of hydrogen-bond acceptors (Lipinski definition) is 3. The van der Waals surface area contributed by atoms with Crippen LogP contribution in [0.1, 0.15) is 39.7 Å². The van der Waals surface area contributed by atoms with E-state index in [1.54, 1.807) is 12.1 Å². The number of H-pyrrole nitrogens is 1. The summed E-state index contributed by atoms with van der Waals surface area (Å²) in [6.45, 7) is 3.72. The number of Topliss-reactive ketones (excluding diaryl/α,β-unsaturated/α-hetero) is 1. The van der Waals surface area contributed by atoms with Gasteiger partial charge in [-0.1, -0.05) is 79.2 Å². The Kier molecular flexibility index (Phi) is 5.67. The maximum Gasteiger partial charge on any atom is 0.328 e. The van der Waals surface area contributed by atoms with Crippen molar-refractivity contribution in [3.8, 4) is 0 Å². The molecule has 0 aliphatic carbocycles. The van der Waals surface area contributed by atoms with E-state index in [1.807, 2.05) is 62.4 Å². The molecule has 1 N–H and O–H groups in total. The first-order chi connectivity index (χ1) is 15.0. The molecule has 5 heteroatoms. The van der Waals surface area contributed by atoms with E-state index in [0.29, 0.717) is 29.7 Å². The van der Waals surface area contributed by atoms with Crippen molar-refractivity contribution >= 4 is 16.6 Å². The molecule has 0 aliphatic rings. The zero-order valence-electron chi connectivity index (χ0n) is 17.6. The minimum Gasteiger partial charge on any atom is -0.292 e. The molecule has 156 valence electrons. The van der Waals surface area contributed by atoms with Crippen molar-refractivity contribution in [2.75, 3.05) is 0 Å². The zero-order chi connectivity index (χ0) is 22.0. The van der Waals surface area contributed by atoms with Crippen LogP contribution in [0.2, 0.25) is 0 Å². The van der Waals surface area contributed by atoms with E-state index in [9.17, 15) is 14.4 Å². The van der Waals surface area contributed by atoms with Crippen LogP contribution < -0.4 is 11.2 Å². The Balaban J connectivity index is 1.77. The average molecular weight is 412 g/mol. The quantitative estimate of drug-likeness (QED) is 0.486. The van der Waals surface area contributed by atoms with Crippen LogP contribution in [0.15, 0.2) is 76.3 Å². The molecule has 0 atom stereocenters. The third-order valence-electron chi connectivity index (χ3n) is 5.63. The summed E-state index contributed by atoms with van der Waals surface area (Å²) in [5, 5.41) is 2.22. The zero-order valence-corrected chi connectivity index (χ0v) is 17.6. The van der Waals surface area contributed by atoms with Crippen LogP contribution in [0.4, 0.5) is 0 Å². The molecule has 31 heavy (non-hydrogen) atoms. The number of hydrogen-bond donors (Lipinski definition) is 1. The number of rotatable bonds is 6. The average Bonchev–Trinajstić information content (AvgIpc) is 2.76. The minimum absolute atomic E-state index is 0.116. The van der Waals surface area contributed by atoms with Crippen LogP contribution in [0.25, 0.3) is 10.8 Å². The van der Waals surface area contributed by atoms with Crippen LogP contribution >= 0.6 is 0 Å². The highest BCUT2D eigenvalue weighted by atomic mass is 16.2. The molecule has 3 aromatic carbocycles. The van der Waals surface area contributed by atoms with Gasteiger partial charge in [-0.2, -0.15) is 0 Å². The fraction of sp³-hybridized carbons (Fsp3) is 0.192. The second-order valence-corrected chi connectivity index (χ2v) is 7.77. The summed E-state index contributed by atoms with van der Waals surface area (Å²) in [6.07, 6.45) is 0.867. The van der Waals surface area contributed by atoms with Gasteiger partial charge in [-0.25, -0.2) is 4.79 Å². The van der Waals surface area contributed by atoms with Crippen LogP contribution in [0, 0.1) is 6.92 Å². The van der Waals surface area contributed by atoms with Crippen molar-refractivity contribution in [2.45, 2.75) is 33.2 Å². The van der Waals surface area contributed by atoms with Crippen molar-refractivity contribution in [1.82, 2.24) is 9.55 Å². The maximum atomic E-state index is 12.9. The fourth-order valence-electron chi connectivity index (χ4n) is 3.91. The lowest BCUT2D eigenvalue weighted by Crippen LogP contribution is -2.37. The standard InChI is InChI=1S/C26H24N2O3/c1-3-22-23(15-18-10-13-19-6-4-5-7-21(19)14-18)28(26(31)27-25(22)30)16-24(29)20-11-8-17(2)9-12-20/h4-14H,3,15-16H2,1-2H3,(H,27,30,31). The second kappa shape index (κ2) is 8.56. The maximum absolute atomic E-state index is 12.9. The molecule has 0 aliphatic heterocycles. The topological polar surface area (TPSA) is 71.9 Å². The van der Waals surface area contributed by atoms with Gasteiger partial charge in [0.25, 0.3) is 5.56 Å². The van der Waals surface area contributed by atoms with Crippen molar-refractivity contribution in [2.24, 2.45) is 0 Å². The van der Waals surface area contributed by atoms with Gasteiger partial charge in [-0.3, -0.25) is 19.1 Å². The molecular formula is C26H24N2O3. The predicted molar refractivity (Wildman–Crippen MR) is 123 cm³/mol. The van der Waals surface area contributed by atoms with Gasteiger partial charge in [-0.05, 0) is 29.7 Å². The molecule has 0 radical (unpaired) electrons. The summed E-state index contributed by atoms with van der Waals surface area (Å²) in [7, 11) is 0. The molecule has 0 saturated heterocycles. The van der Waals surface area contributed by atoms with Gasteiger partial charge in [0.2, 0.25) is 0 Å². The van der Waals surface area contributed by atoms with Crippen molar-refractivity contribution in [1.29, 1.82) is 0 Å². The number of nitrogens with zero attached hydrogens (tertiary/aromatic N) is 1. The second-order valence-electron chi connectivity index (χ2n) is 7.77. The number of carbonyl (C=O) groups excluding carboxylic acids is 1. The SMILES string of the molecule is CCc1c(Cc2ccc3ccccc3c2)n(CC(=O)c2ccc(C)cc2)c(=O)[nH]c1=O. The highest BCUT2D eigenvalue weighted by Crippen LogP contribution is 2.19. The van der Waals surface area contributed by atoms with Crippen LogP contribution in [0.3, 0.4) is 0 Å². The van der Waals surface area contributed by atoms with Gasteiger partial charge >= 0.3 is 5.69 Å². The Labute approximate surface area is 180 Å². The Hall–Kier alpha value is -3.73. The first kappa shape index (κ1) is 20.5. The number of aromatic amines is 1. The Bertz CT molecular complexity index is 1380. The van der Waals surface area contributed by atoms with Crippen LogP contribution in [0.5, 0.6) is 0 Å². The lowest BCUT2D eigenvalue weighted by molar-refractivity contribution is 0.0969. The first-order valence-corrected chi connectivity index (χ1v) is 10.4. The van der Waals surface area contributed by atoms with Gasteiger partial charge in [0.1, 0.15) is 0 Å². The summed E-state index contributed by atoms with van der Waals surface area (Å²) in [5.41, 5.74) is 2.76. The number of aryl methyl sites for hydroxylation is 1. The molecule has 1 aromatic heterocycles. The third kappa shape index (κ3) is 4.26. The monoisotopic (exact) mass is 412 g/mol. The number of ketones is 1. The first-order valence-electron chi connectivity index (χ1n) is 10.4. The molecule has 0 amide bonds. The van der Waals surface area contributed by atoms with E-state index in [4.69, 9.17) is 0 Å². The number of aromatic nitrogens is 2. The van der Waals surface area contributed by atoms with E-state index in [2.05, 4.69) is 11.1 Å². The highest BCUT2D eigenvalue weighted by Gasteiger charge is 2.17. The fourth-order valence-corrected chi connectivity index (χ4v) is 3.91. The van der Waals surface area contributed by atoms with Crippen molar-refractivity contribution in [3.63, 3.8) is 0 Å². The van der Waals surface area contributed by atoms with E-state index in [-0.39, 0.29) is 17.9 Å². The van der Waals surface area contributed by atoms with E-state index in [0.717, 1.165) is 21.9 Å². The lowest BCUT2D eigenvalue weighted by Gasteiger charge is -2.16. The van der Waals surface area contributed by atoms with E-state index < -0.39 is 5.69 Å². The summed E-state index contributed by atoms with van der Waals surface area (Å²) in [6, 6.07) is 21.4. The summed E-state index contributed by atoms with van der Waals surface area (Å²) in [4.78, 5) is 40.5. The molecule has 0 unspecified atom stereocenters. The van der Waals surface area contributed by atoms with Gasteiger partial charge in [0.15, 0.2) is 5.78 Å². The molecular weight excluding hydrogens is 388 g/mol. The molecule has 0 spiro atoms. The Morgan fingerprint density at radius 1 is 0.935 bits per heavy atom. The molecule has 0 saturated carbocycles. The number of nitrogens with one attached hydrogen (secondary N) is 1. The molecule has 0 bridgehead atoms. The van der Waals surface area contributed by atoms with Crippen molar-refractivity contribution in [3.05, 3.63) is 116 Å². The molecule has 5 nitrogen and oxygen atoms in total. The van der Waals surface area contributed by atoms with Gasteiger partial charge in [0, 0.05) is 23.2 Å². The molecule has 4 rings (SSSR count). The van der Waals surface area contributed by atoms with E-state index >= 15 is 0 Å². The molecule has 1 heterocycles. The summed E-state index contributed by atoms with van der Waals surface area (Å²) < 4.78 is 1.41. The Morgan fingerprint density at radius 3 is 2.35 bits per heavy atom. The minimum atomic E-state index is -0.557. The van der Waals surface area contributed by atoms with Crippen LogP contribution in [-0.4, -0.2) is 15.3 Å². The largest absolute Gasteiger partial charge is 0.328 e. The number of benzene rings is 3. The smallest absolute Gasteiger partial charge is 0.292 e. The predicted octanol–water partition coefficient (Wildman–Crippen LogP) is 4.03. The van der Waals surface area contributed by atoms with Gasteiger partial charge in [0.05, 0.1) is 6.54 Å². The van der Waals surface area contributed by atoms with E-state index in [1.165, 1.54) is 4.57 Å². The van der Waals surface area contributed by atoms with Gasteiger partial charge < -0.3 is 0 Å². The molecule has 4 aromatic rings. The Morgan fingerprint density at radius 2 is 1.65 bits per heavy atom. The third-order valence-corrected chi connectivity index (χ3v) is 5.63. The van der Waals surface area contributed by atoms with Crippen LogP contribution in [-0.2, 0) is 19.4 Å². The number of fused-ring (bicyclic) bond motifs is 1.